The molecule has 1 rings (SSSR count). The minimum atomic E-state index is -4.56. The van der Waals surface area contributed by atoms with E-state index in [4.69, 9.17) is 9.47 Å². The van der Waals surface area contributed by atoms with Gasteiger partial charge in [-0.25, -0.2) is 0 Å². The molecule has 3 nitrogen and oxygen atoms in total. The molecule has 0 aliphatic rings. The number of hydrogen-bond donors (Lipinski definition) is 0. The van der Waals surface area contributed by atoms with Gasteiger partial charge in [-0.1, -0.05) is 0 Å². The van der Waals surface area contributed by atoms with E-state index in [2.05, 4.69) is 0 Å². The molecule has 19 heavy (non-hydrogen) atoms. The fraction of sp³-hybridized carbons (Fsp3) is 0.462. The van der Waals surface area contributed by atoms with Gasteiger partial charge >= 0.3 is 6.18 Å². The molecule has 0 amide bonds. The topological polar surface area (TPSA) is 35.5 Å². The first-order valence-corrected chi connectivity index (χ1v) is 5.70. The summed E-state index contributed by atoms with van der Waals surface area (Å²) in [5, 5.41) is 0. The van der Waals surface area contributed by atoms with Crippen LogP contribution >= 0.6 is 0 Å². The van der Waals surface area contributed by atoms with Crippen molar-refractivity contribution in [2.75, 3.05) is 13.7 Å². The molecule has 1 aromatic carbocycles. The average molecular weight is 276 g/mol. The van der Waals surface area contributed by atoms with Gasteiger partial charge in [-0.05, 0) is 25.1 Å². The first-order valence-electron chi connectivity index (χ1n) is 5.70. The molecule has 1 unspecified atom stereocenters. The third-order valence-corrected chi connectivity index (χ3v) is 2.50. The maximum Gasteiger partial charge on any atom is 0.419 e. The predicted molar refractivity (Wildman–Crippen MR) is 63.4 cm³/mol. The van der Waals surface area contributed by atoms with Gasteiger partial charge in [-0.15, -0.1) is 0 Å². The summed E-state index contributed by atoms with van der Waals surface area (Å²) >= 11 is 0. The van der Waals surface area contributed by atoms with Crippen molar-refractivity contribution in [3.63, 3.8) is 0 Å². The van der Waals surface area contributed by atoms with Crippen molar-refractivity contribution in [1.29, 1.82) is 0 Å². The highest BCUT2D eigenvalue weighted by atomic mass is 19.4. The van der Waals surface area contributed by atoms with Crippen LogP contribution in [0.5, 0.6) is 5.75 Å². The minimum absolute atomic E-state index is 0.0378. The molecule has 6 heteroatoms. The molecule has 106 valence electrons. The molecule has 0 bridgehead atoms. The zero-order chi connectivity index (χ0) is 14.5. The maximum atomic E-state index is 12.8. The van der Waals surface area contributed by atoms with Crippen LogP contribution in [-0.4, -0.2) is 26.1 Å². The highest BCUT2D eigenvalue weighted by molar-refractivity contribution is 5.75. The van der Waals surface area contributed by atoms with Gasteiger partial charge in [-0.2, -0.15) is 13.2 Å². The molecule has 1 aromatic rings. The number of rotatable bonds is 6. The molecule has 0 heterocycles. The number of carbonyl (C=O) groups excluding carboxylic acids is 1. The van der Waals surface area contributed by atoms with Gasteiger partial charge in [-0.3, -0.25) is 4.79 Å². The van der Waals surface area contributed by atoms with Crippen molar-refractivity contribution in [3.05, 3.63) is 29.3 Å². The number of alkyl halides is 3. The third kappa shape index (κ3) is 4.55. The number of halogens is 3. The van der Waals surface area contributed by atoms with Crippen molar-refractivity contribution < 1.29 is 27.4 Å². The van der Waals surface area contributed by atoms with Crippen molar-refractivity contribution in [1.82, 2.24) is 0 Å². The lowest BCUT2D eigenvalue weighted by atomic mass is 10.1. The van der Waals surface area contributed by atoms with Gasteiger partial charge in [0.2, 0.25) is 0 Å². The van der Waals surface area contributed by atoms with E-state index in [1.165, 1.54) is 13.2 Å². The second-order valence-corrected chi connectivity index (χ2v) is 4.08. The number of benzene rings is 1. The van der Waals surface area contributed by atoms with Crippen molar-refractivity contribution in [2.45, 2.75) is 25.6 Å². The molecule has 0 aliphatic heterocycles. The summed E-state index contributed by atoms with van der Waals surface area (Å²) in [5.74, 6) is -0.276. The summed E-state index contributed by atoms with van der Waals surface area (Å²) < 4.78 is 48.6. The number of hydrogen-bond acceptors (Lipinski definition) is 3. The number of methoxy groups -OCH3 is 1. The zero-order valence-electron chi connectivity index (χ0n) is 10.7. The van der Waals surface area contributed by atoms with Crippen molar-refractivity contribution >= 4 is 6.29 Å². The molecule has 0 N–H and O–H groups in total. The Labute approximate surface area is 109 Å². The van der Waals surface area contributed by atoms with Gasteiger partial charge in [0.25, 0.3) is 0 Å². The molecular formula is C13H15F3O3. The Kier molecular flexibility index (Phi) is 5.35. The molecule has 0 radical (unpaired) electrons. The first kappa shape index (κ1) is 15.5. The van der Waals surface area contributed by atoms with Crippen LogP contribution in [0.15, 0.2) is 18.2 Å². The van der Waals surface area contributed by atoms with Crippen LogP contribution in [0.2, 0.25) is 0 Å². The van der Waals surface area contributed by atoms with E-state index in [9.17, 15) is 18.0 Å². The average Bonchev–Trinajstić information content (AvgIpc) is 2.35. The molecule has 0 saturated heterocycles. The van der Waals surface area contributed by atoms with E-state index in [0.717, 1.165) is 12.1 Å². The Hall–Kier alpha value is -1.56. The minimum Gasteiger partial charge on any atom is -0.490 e. The second-order valence-electron chi connectivity index (χ2n) is 4.08. The third-order valence-electron chi connectivity index (χ3n) is 2.50. The molecule has 0 aromatic heterocycles. The van der Waals surface area contributed by atoms with Crippen molar-refractivity contribution in [3.8, 4) is 5.75 Å². The first-order chi connectivity index (χ1) is 8.88. The Balaban J connectivity index is 2.96. The summed E-state index contributed by atoms with van der Waals surface area (Å²) in [4.78, 5) is 10.5. The van der Waals surface area contributed by atoms with E-state index in [1.54, 1.807) is 6.92 Å². The number of ether oxygens (including phenoxy) is 2. The molecule has 1 atom stereocenters. The monoisotopic (exact) mass is 276 g/mol. The lowest BCUT2D eigenvalue weighted by molar-refractivity contribution is -0.139. The van der Waals surface area contributed by atoms with Crippen LogP contribution in [0, 0.1) is 0 Å². The fourth-order valence-electron chi connectivity index (χ4n) is 1.50. The van der Waals surface area contributed by atoms with Crippen LogP contribution in [0.4, 0.5) is 13.2 Å². The van der Waals surface area contributed by atoms with Crippen LogP contribution in [-0.2, 0) is 10.9 Å². The van der Waals surface area contributed by atoms with Gasteiger partial charge in [0.1, 0.15) is 12.0 Å². The lowest BCUT2D eigenvalue weighted by Gasteiger charge is -2.18. The summed E-state index contributed by atoms with van der Waals surface area (Å²) in [6.45, 7) is 2.06. The number of carbonyl (C=O) groups is 1. The largest absolute Gasteiger partial charge is 0.490 e. The van der Waals surface area contributed by atoms with Gasteiger partial charge < -0.3 is 9.47 Å². The quantitative estimate of drug-likeness (QED) is 0.748. The van der Waals surface area contributed by atoms with Crippen LogP contribution in [0.3, 0.4) is 0 Å². The van der Waals surface area contributed by atoms with Crippen LogP contribution in [0.25, 0.3) is 0 Å². The summed E-state index contributed by atoms with van der Waals surface area (Å²) in [6, 6.07) is 3.24. The Morgan fingerprint density at radius 3 is 2.58 bits per heavy atom. The van der Waals surface area contributed by atoms with E-state index >= 15 is 0 Å². The fourth-order valence-corrected chi connectivity index (χ4v) is 1.50. The van der Waals surface area contributed by atoms with Gasteiger partial charge in [0.05, 0.1) is 11.7 Å². The molecule has 0 aliphatic carbocycles. The Morgan fingerprint density at radius 2 is 2.05 bits per heavy atom. The second kappa shape index (κ2) is 6.56. The van der Waals surface area contributed by atoms with Crippen molar-refractivity contribution in [2.24, 2.45) is 0 Å². The van der Waals surface area contributed by atoms with Crippen LogP contribution in [0.1, 0.15) is 29.3 Å². The van der Waals surface area contributed by atoms with Gasteiger partial charge in [0.15, 0.2) is 0 Å². The Morgan fingerprint density at radius 1 is 1.37 bits per heavy atom. The van der Waals surface area contributed by atoms with E-state index in [0.29, 0.717) is 19.3 Å². The predicted octanol–water partition coefficient (Wildman–Crippen LogP) is 3.32. The van der Waals surface area contributed by atoms with E-state index < -0.39 is 17.8 Å². The summed E-state index contributed by atoms with van der Waals surface area (Å²) in [5.41, 5.74) is -0.981. The lowest BCUT2D eigenvalue weighted by Crippen LogP contribution is -2.17. The maximum absolute atomic E-state index is 12.8. The smallest absolute Gasteiger partial charge is 0.419 e. The normalized spacial score (nSPS) is 13.1. The highest BCUT2D eigenvalue weighted by Gasteiger charge is 2.35. The number of aldehydes is 1. The molecular weight excluding hydrogens is 261 g/mol. The Bertz CT molecular complexity index is 430. The highest BCUT2D eigenvalue weighted by Crippen LogP contribution is 2.37. The molecule has 0 spiro atoms. The summed E-state index contributed by atoms with van der Waals surface area (Å²) in [6.07, 6.45) is -4.13. The molecule has 0 fully saturated rings. The standard InChI is InChI=1S/C13H15F3O3/c1-9(5-6-18-2)19-12-4-3-10(8-17)7-11(12)13(14,15)16/h3-4,7-9H,5-6H2,1-2H3. The summed E-state index contributed by atoms with van der Waals surface area (Å²) in [7, 11) is 1.51. The van der Waals surface area contributed by atoms with E-state index in [-0.39, 0.29) is 11.3 Å². The van der Waals surface area contributed by atoms with Gasteiger partial charge in [0, 0.05) is 25.7 Å². The van der Waals surface area contributed by atoms with E-state index in [1.807, 2.05) is 0 Å². The zero-order valence-corrected chi connectivity index (χ0v) is 10.7. The van der Waals surface area contributed by atoms with Crippen LogP contribution < -0.4 is 4.74 Å². The SMILES string of the molecule is COCCC(C)Oc1ccc(C=O)cc1C(F)(F)F. The molecule has 0 saturated carbocycles.